The largest absolute Gasteiger partial charge is 0.311 e. The summed E-state index contributed by atoms with van der Waals surface area (Å²) in [6.45, 7) is -0.172. The first kappa shape index (κ1) is 56.9. The standard InChI is InChI=1S/C90H64BN3Si2/c1-9-31-65(32-10-1)78-49-29-51-82-89(78)93(67-55-59-76(60-56-67)95(70-35-13-3-14-36-70,71-37-15-4-16-38-71)72-39-17-5-18-40-72)86-63-69(92-84-53-27-25-47-80(84)81-48-26-28-54-85(81)92)64-87-88(86)91(82)83-52-30-50-79(66-33-11-2-12-34-66)90(83)94(87)68-57-61-77(62-58-68)96(73-41-19-6-20-42-73,74-43-21-7-22-44-74)75-45-23-8-24-46-75/h1-64H. The lowest BCUT2D eigenvalue weighted by molar-refractivity contribution is 1.16. The molecule has 3 heterocycles. The number of para-hydroxylation sites is 4. The number of benzene rings is 15. The summed E-state index contributed by atoms with van der Waals surface area (Å²) in [4.78, 5) is 5.27. The molecule has 18 rings (SSSR count). The third-order valence-electron chi connectivity index (χ3n) is 20.5. The van der Waals surface area contributed by atoms with Gasteiger partial charge in [0, 0.05) is 56.0 Å². The summed E-state index contributed by atoms with van der Waals surface area (Å²) in [7, 11) is -5.83. The van der Waals surface area contributed by atoms with Gasteiger partial charge >= 0.3 is 0 Å². The average molecular weight is 1250 g/mol. The zero-order valence-electron chi connectivity index (χ0n) is 52.9. The number of nitrogens with zero attached hydrogens (tertiary/aromatic N) is 3. The molecule has 3 nitrogen and oxygen atoms in total. The van der Waals surface area contributed by atoms with E-state index in [1.807, 2.05) is 0 Å². The topological polar surface area (TPSA) is 11.4 Å². The van der Waals surface area contributed by atoms with Crippen LogP contribution in [0.5, 0.6) is 0 Å². The fourth-order valence-electron chi connectivity index (χ4n) is 16.5. The molecule has 0 unspecified atom stereocenters. The number of hydrogen-bond donors (Lipinski definition) is 0. The summed E-state index contributed by atoms with van der Waals surface area (Å²) in [6.07, 6.45) is 0. The van der Waals surface area contributed by atoms with Crippen LogP contribution in [-0.4, -0.2) is 27.4 Å². The number of rotatable bonds is 13. The van der Waals surface area contributed by atoms with Crippen LogP contribution in [0, 0.1) is 0 Å². The zero-order valence-corrected chi connectivity index (χ0v) is 54.9. The lowest BCUT2D eigenvalue weighted by atomic mass is 9.33. The quantitative estimate of drug-likeness (QED) is 0.0842. The fraction of sp³-hybridized carbons (Fsp3) is 0. The van der Waals surface area contributed by atoms with Crippen molar-refractivity contribution in [2.24, 2.45) is 0 Å². The molecule has 0 bridgehead atoms. The van der Waals surface area contributed by atoms with Crippen LogP contribution in [0.25, 0.3) is 49.7 Å². The van der Waals surface area contributed by atoms with Gasteiger partial charge in [0.05, 0.1) is 16.7 Å². The summed E-state index contributed by atoms with van der Waals surface area (Å²) in [6, 6.07) is 146. The molecule has 0 amide bonds. The third kappa shape index (κ3) is 8.94. The first-order valence-corrected chi connectivity index (χ1v) is 37.4. The molecule has 0 saturated carbocycles. The summed E-state index contributed by atoms with van der Waals surface area (Å²) in [5.41, 5.74) is 18.6. The second-order valence-corrected chi connectivity index (χ2v) is 33.0. The van der Waals surface area contributed by atoms with Gasteiger partial charge in [-0.2, -0.15) is 0 Å². The zero-order chi connectivity index (χ0) is 63.6. The van der Waals surface area contributed by atoms with E-state index in [0.717, 1.165) is 39.5 Å². The van der Waals surface area contributed by atoms with Gasteiger partial charge < -0.3 is 14.4 Å². The van der Waals surface area contributed by atoms with Crippen molar-refractivity contribution in [2.75, 3.05) is 9.80 Å². The Labute approximate surface area is 563 Å². The van der Waals surface area contributed by atoms with Crippen LogP contribution in [0.3, 0.4) is 0 Å². The van der Waals surface area contributed by atoms with Crippen LogP contribution in [-0.2, 0) is 0 Å². The molecule has 0 spiro atoms. The van der Waals surface area contributed by atoms with E-state index in [2.05, 4.69) is 403 Å². The molecule has 0 fully saturated rings. The summed E-state index contributed by atoms with van der Waals surface area (Å²) in [5, 5.41) is 13.1. The van der Waals surface area contributed by atoms with E-state index in [0.29, 0.717) is 0 Å². The molecule has 96 heavy (non-hydrogen) atoms. The van der Waals surface area contributed by atoms with Crippen molar-refractivity contribution in [3.8, 4) is 27.9 Å². The van der Waals surface area contributed by atoms with Crippen molar-refractivity contribution in [3.63, 3.8) is 0 Å². The van der Waals surface area contributed by atoms with E-state index >= 15 is 0 Å². The highest BCUT2D eigenvalue weighted by molar-refractivity contribution is 7.20. The van der Waals surface area contributed by atoms with Crippen LogP contribution >= 0.6 is 0 Å². The number of hydrogen-bond acceptors (Lipinski definition) is 2. The molecule has 0 atom stereocenters. The van der Waals surface area contributed by atoms with Gasteiger partial charge in [-0.05, 0) is 118 Å². The van der Waals surface area contributed by atoms with E-state index in [1.54, 1.807) is 0 Å². The highest BCUT2D eigenvalue weighted by Crippen LogP contribution is 2.50. The summed E-state index contributed by atoms with van der Waals surface area (Å²) >= 11 is 0. The Kier molecular flexibility index (Phi) is 14.0. The van der Waals surface area contributed by atoms with E-state index in [1.165, 1.54) is 102 Å². The Balaban J connectivity index is 0.947. The molecular formula is C90H64BN3Si2. The molecule has 0 saturated heterocycles. The van der Waals surface area contributed by atoms with Gasteiger partial charge in [-0.1, -0.05) is 340 Å². The maximum atomic E-state index is 2.64. The maximum absolute atomic E-state index is 2.91. The van der Waals surface area contributed by atoms with Gasteiger partial charge in [0.15, 0.2) is 16.1 Å². The first-order valence-electron chi connectivity index (χ1n) is 33.4. The number of anilines is 6. The molecule has 450 valence electrons. The smallest absolute Gasteiger partial charge is 0.252 e. The van der Waals surface area contributed by atoms with E-state index in [4.69, 9.17) is 0 Å². The van der Waals surface area contributed by atoms with E-state index in [-0.39, 0.29) is 6.71 Å². The Morgan fingerprint density at radius 3 is 0.833 bits per heavy atom. The van der Waals surface area contributed by atoms with Crippen molar-refractivity contribution in [2.45, 2.75) is 0 Å². The van der Waals surface area contributed by atoms with Crippen LogP contribution in [0.1, 0.15) is 0 Å². The minimum Gasteiger partial charge on any atom is -0.311 e. The monoisotopic (exact) mass is 1250 g/mol. The van der Waals surface area contributed by atoms with Gasteiger partial charge in [0.1, 0.15) is 0 Å². The minimum absolute atomic E-state index is 0.172. The van der Waals surface area contributed by atoms with Crippen molar-refractivity contribution in [1.82, 2.24) is 4.57 Å². The highest BCUT2D eigenvalue weighted by atomic mass is 28.3. The second kappa shape index (κ2) is 23.6. The number of aromatic nitrogens is 1. The van der Waals surface area contributed by atoms with Crippen LogP contribution < -0.4 is 67.7 Å². The van der Waals surface area contributed by atoms with Gasteiger partial charge in [0.25, 0.3) is 6.71 Å². The van der Waals surface area contributed by atoms with Crippen LogP contribution in [0.4, 0.5) is 34.1 Å². The average Bonchev–Trinajstić information content (AvgIpc) is 0.811. The Morgan fingerprint density at radius 1 is 0.229 bits per heavy atom. The molecule has 2 aliphatic rings. The Hall–Kier alpha value is -11.8. The minimum atomic E-state index is -2.91. The van der Waals surface area contributed by atoms with Gasteiger partial charge in [-0.3, -0.25) is 0 Å². The van der Waals surface area contributed by atoms with E-state index < -0.39 is 16.1 Å². The normalized spacial score (nSPS) is 12.5. The Bertz CT molecular complexity index is 4970. The summed E-state index contributed by atoms with van der Waals surface area (Å²) < 4.78 is 2.52. The van der Waals surface area contributed by atoms with Crippen molar-refractivity contribution < 1.29 is 0 Å². The molecule has 1 aromatic heterocycles. The van der Waals surface area contributed by atoms with Gasteiger partial charge in [-0.15, -0.1) is 0 Å². The first-order chi connectivity index (χ1) is 47.7. The molecule has 15 aromatic carbocycles. The predicted molar refractivity (Wildman–Crippen MR) is 413 cm³/mol. The van der Waals surface area contributed by atoms with Crippen LogP contribution in [0.15, 0.2) is 388 Å². The molecule has 16 aromatic rings. The molecule has 2 aliphatic heterocycles. The van der Waals surface area contributed by atoms with Crippen LogP contribution in [0.2, 0.25) is 0 Å². The molecule has 0 N–H and O–H groups in total. The summed E-state index contributed by atoms with van der Waals surface area (Å²) in [5.74, 6) is 0. The second-order valence-electron chi connectivity index (χ2n) is 25.4. The highest BCUT2D eigenvalue weighted by Gasteiger charge is 2.47. The maximum Gasteiger partial charge on any atom is 0.252 e. The third-order valence-corrected chi connectivity index (χ3v) is 30.1. The molecule has 6 heteroatoms. The van der Waals surface area contributed by atoms with Crippen molar-refractivity contribution in [1.29, 1.82) is 0 Å². The van der Waals surface area contributed by atoms with Gasteiger partial charge in [0.2, 0.25) is 0 Å². The molecule has 0 aliphatic carbocycles. The van der Waals surface area contributed by atoms with Gasteiger partial charge in [-0.25, -0.2) is 0 Å². The lowest BCUT2D eigenvalue weighted by Gasteiger charge is -2.46. The SMILES string of the molecule is c1ccc(-c2cccc3c2N(c2ccc([Si](c4ccccc4)(c4ccccc4)c4ccccc4)cc2)c2cc(-n4c5ccccc5c5ccccc54)cc4c2B3c2cccc(-c3ccccc3)c2N4c2ccc([Si](c3ccccc3)(c3ccccc3)c3ccccc3)cc2)cc1. The van der Waals surface area contributed by atoms with E-state index in [9.17, 15) is 0 Å². The van der Waals surface area contributed by atoms with Crippen molar-refractivity contribution in [3.05, 3.63) is 388 Å². The Morgan fingerprint density at radius 2 is 0.510 bits per heavy atom. The van der Waals surface area contributed by atoms with Crippen molar-refractivity contribution >= 4 is 137 Å². The molecular weight excluding hydrogens is 1190 g/mol. The number of fused-ring (bicyclic) bond motifs is 7. The lowest BCUT2D eigenvalue weighted by Crippen LogP contribution is -2.74. The predicted octanol–water partition coefficient (Wildman–Crippen LogP) is 15.0. The molecule has 0 radical (unpaired) electrons. The fourth-order valence-corrected chi connectivity index (χ4v) is 26.0.